The molecule has 1 N–H and O–H groups in total. The molecule has 0 aliphatic carbocycles. The van der Waals surface area contributed by atoms with Crippen molar-refractivity contribution in [2.75, 3.05) is 14.1 Å². The van der Waals surface area contributed by atoms with Crippen molar-refractivity contribution in [2.24, 2.45) is 0 Å². The highest BCUT2D eigenvalue weighted by atomic mass is 32.2. The van der Waals surface area contributed by atoms with Gasteiger partial charge in [0.2, 0.25) is 10.0 Å². The van der Waals surface area contributed by atoms with Crippen molar-refractivity contribution in [3.63, 3.8) is 0 Å². The van der Waals surface area contributed by atoms with Crippen LogP contribution in [0.15, 0.2) is 15.4 Å². The molecule has 0 aliphatic rings. The molecule has 0 aliphatic heterocycles. The summed E-state index contributed by atoms with van der Waals surface area (Å²) in [5.74, 6) is 1.08. The molecular weight excluding hydrogens is 264 g/mol. The van der Waals surface area contributed by atoms with Gasteiger partial charge in [-0.1, -0.05) is 13.3 Å². The molecule has 0 aromatic carbocycles. The number of furan rings is 1. The standard InChI is InChI=1S/C13H24N2O3S/c1-6-7-10(2)15(5)19(16,17)13-8-12(9-14-4)18-11(13)3/h8,10,14H,6-7,9H2,1-5H3. The quantitative estimate of drug-likeness (QED) is 0.835. The molecule has 110 valence electrons. The molecule has 0 saturated heterocycles. The summed E-state index contributed by atoms with van der Waals surface area (Å²) >= 11 is 0. The molecule has 0 fully saturated rings. The predicted molar refractivity (Wildman–Crippen MR) is 75.5 cm³/mol. The fourth-order valence-corrected chi connectivity index (χ4v) is 3.61. The van der Waals surface area contributed by atoms with Crippen LogP contribution >= 0.6 is 0 Å². The number of nitrogens with zero attached hydrogens (tertiary/aromatic N) is 1. The second-order valence-corrected chi connectivity index (χ2v) is 6.79. The molecule has 0 bridgehead atoms. The Morgan fingerprint density at radius 2 is 2.11 bits per heavy atom. The van der Waals surface area contributed by atoms with Crippen LogP contribution in [0.4, 0.5) is 0 Å². The topological polar surface area (TPSA) is 62.6 Å². The molecule has 19 heavy (non-hydrogen) atoms. The van der Waals surface area contributed by atoms with Crippen LogP contribution in [0.3, 0.4) is 0 Å². The van der Waals surface area contributed by atoms with E-state index < -0.39 is 10.0 Å². The maximum atomic E-state index is 12.5. The van der Waals surface area contributed by atoms with Gasteiger partial charge in [0.25, 0.3) is 0 Å². The van der Waals surface area contributed by atoms with E-state index in [1.807, 2.05) is 13.8 Å². The summed E-state index contributed by atoms with van der Waals surface area (Å²) < 4.78 is 32.0. The first kappa shape index (κ1) is 16.2. The molecule has 1 rings (SSSR count). The summed E-state index contributed by atoms with van der Waals surface area (Å²) in [6, 6.07) is 1.59. The lowest BCUT2D eigenvalue weighted by molar-refractivity contribution is 0.367. The van der Waals surface area contributed by atoms with Gasteiger partial charge in [-0.3, -0.25) is 0 Å². The molecule has 1 unspecified atom stereocenters. The SMILES string of the molecule is CCCC(C)N(C)S(=O)(=O)c1cc(CNC)oc1C. The van der Waals surface area contributed by atoms with Crippen molar-refractivity contribution in [3.8, 4) is 0 Å². The number of rotatable bonds is 7. The fourth-order valence-electron chi connectivity index (χ4n) is 2.03. The van der Waals surface area contributed by atoms with E-state index in [0.717, 1.165) is 12.8 Å². The Morgan fingerprint density at radius 1 is 1.47 bits per heavy atom. The molecule has 6 heteroatoms. The minimum atomic E-state index is -3.48. The molecule has 1 heterocycles. The van der Waals surface area contributed by atoms with Gasteiger partial charge in [-0.2, -0.15) is 4.31 Å². The molecule has 1 aromatic heterocycles. The summed E-state index contributed by atoms with van der Waals surface area (Å²) in [6.45, 7) is 6.17. The third kappa shape index (κ3) is 3.58. The van der Waals surface area contributed by atoms with Crippen LogP contribution in [0.1, 0.15) is 38.2 Å². The van der Waals surface area contributed by atoms with Crippen LogP contribution in [0, 0.1) is 6.92 Å². The minimum Gasteiger partial charge on any atom is -0.464 e. The van der Waals surface area contributed by atoms with E-state index >= 15 is 0 Å². The highest BCUT2D eigenvalue weighted by Crippen LogP contribution is 2.25. The van der Waals surface area contributed by atoms with E-state index in [-0.39, 0.29) is 10.9 Å². The Hall–Kier alpha value is -0.850. The van der Waals surface area contributed by atoms with Crippen molar-refractivity contribution in [2.45, 2.75) is 51.1 Å². The van der Waals surface area contributed by atoms with Crippen molar-refractivity contribution in [1.82, 2.24) is 9.62 Å². The number of aryl methyl sites for hydroxylation is 1. The van der Waals surface area contributed by atoms with Crippen molar-refractivity contribution >= 4 is 10.0 Å². The molecule has 1 aromatic rings. The molecule has 1 atom stereocenters. The summed E-state index contributed by atoms with van der Waals surface area (Å²) in [4.78, 5) is 0.267. The zero-order valence-corrected chi connectivity index (χ0v) is 13.2. The average molecular weight is 288 g/mol. The van der Waals surface area contributed by atoms with Gasteiger partial charge in [-0.05, 0) is 27.3 Å². The van der Waals surface area contributed by atoms with E-state index in [0.29, 0.717) is 18.1 Å². The van der Waals surface area contributed by atoms with E-state index in [1.165, 1.54) is 4.31 Å². The van der Waals surface area contributed by atoms with Crippen molar-refractivity contribution < 1.29 is 12.8 Å². The lowest BCUT2D eigenvalue weighted by Gasteiger charge is -2.23. The Morgan fingerprint density at radius 3 is 2.63 bits per heavy atom. The molecule has 0 amide bonds. The first-order valence-electron chi connectivity index (χ1n) is 6.56. The maximum Gasteiger partial charge on any atom is 0.246 e. The second kappa shape index (κ2) is 6.54. The number of sulfonamides is 1. The Kier molecular flexibility index (Phi) is 5.58. The van der Waals surface area contributed by atoms with Crippen LogP contribution in [0.2, 0.25) is 0 Å². The van der Waals surface area contributed by atoms with Crippen LogP contribution in [-0.2, 0) is 16.6 Å². The second-order valence-electron chi connectivity index (χ2n) is 4.82. The van der Waals surface area contributed by atoms with Crippen LogP contribution in [0.5, 0.6) is 0 Å². The summed E-state index contributed by atoms with van der Waals surface area (Å²) in [7, 11) is -0.0588. The van der Waals surface area contributed by atoms with Crippen LogP contribution in [-0.4, -0.2) is 32.9 Å². The highest BCUT2D eigenvalue weighted by Gasteiger charge is 2.28. The Balaban J connectivity index is 3.05. The number of hydrogen-bond donors (Lipinski definition) is 1. The van der Waals surface area contributed by atoms with E-state index in [4.69, 9.17) is 4.42 Å². The summed E-state index contributed by atoms with van der Waals surface area (Å²) in [5, 5.41) is 2.95. The van der Waals surface area contributed by atoms with Gasteiger partial charge >= 0.3 is 0 Å². The fraction of sp³-hybridized carbons (Fsp3) is 0.692. The zero-order chi connectivity index (χ0) is 14.6. The first-order chi connectivity index (χ1) is 8.84. The lowest BCUT2D eigenvalue weighted by Crippen LogP contribution is -2.35. The normalized spacial score (nSPS) is 14.0. The van der Waals surface area contributed by atoms with E-state index in [2.05, 4.69) is 5.32 Å². The van der Waals surface area contributed by atoms with Gasteiger partial charge in [0.05, 0.1) is 6.54 Å². The first-order valence-corrected chi connectivity index (χ1v) is 8.00. The smallest absolute Gasteiger partial charge is 0.246 e. The average Bonchev–Trinajstić information content (AvgIpc) is 2.70. The van der Waals surface area contributed by atoms with Gasteiger partial charge < -0.3 is 9.73 Å². The minimum absolute atomic E-state index is 0.0166. The molecule has 0 radical (unpaired) electrons. The molecular formula is C13H24N2O3S. The monoisotopic (exact) mass is 288 g/mol. The zero-order valence-electron chi connectivity index (χ0n) is 12.4. The van der Waals surface area contributed by atoms with Gasteiger partial charge in [0.1, 0.15) is 16.4 Å². The number of hydrogen-bond acceptors (Lipinski definition) is 4. The predicted octanol–water partition coefficient (Wildman–Crippen LogP) is 2.12. The molecule has 5 nitrogen and oxygen atoms in total. The summed E-state index contributed by atoms with van der Waals surface area (Å²) in [5.41, 5.74) is 0. The Bertz CT molecular complexity index is 508. The van der Waals surface area contributed by atoms with Gasteiger partial charge in [-0.25, -0.2) is 8.42 Å². The van der Waals surface area contributed by atoms with E-state index in [9.17, 15) is 8.42 Å². The molecule has 0 saturated carbocycles. The highest BCUT2D eigenvalue weighted by molar-refractivity contribution is 7.89. The lowest BCUT2D eigenvalue weighted by atomic mass is 10.2. The Labute approximate surface area is 116 Å². The van der Waals surface area contributed by atoms with Gasteiger partial charge in [-0.15, -0.1) is 0 Å². The van der Waals surface area contributed by atoms with Gasteiger partial charge in [0, 0.05) is 19.2 Å². The number of nitrogens with one attached hydrogen (secondary N) is 1. The third-order valence-electron chi connectivity index (χ3n) is 3.26. The largest absolute Gasteiger partial charge is 0.464 e. The summed E-state index contributed by atoms with van der Waals surface area (Å²) in [6.07, 6.45) is 1.80. The third-order valence-corrected chi connectivity index (χ3v) is 5.34. The van der Waals surface area contributed by atoms with Crippen molar-refractivity contribution in [1.29, 1.82) is 0 Å². The van der Waals surface area contributed by atoms with E-state index in [1.54, 1.807) is 27.1 Å². The van der Waals surface area contributed by atoms with Crippen molar-refractivity contribution in [3.05, 3.63) is 17.6 Å². The van der Waals surface area contributed by atoms with Gasteiger partial charge in [0.15, 0.2) is 0 Å². The van der Waals surface area contributed by atoms with Crippen LogP contribution < -0.4 is 5.32 Å². The maximum absolute atomic E-state index is 12.5. The van der Waals surface area contributed by atoms with Crippen LogP contribution in [0.25, 0.3) is 0 Å². The molecule has 0 spiro atoms.